The summed E-state index contributed by atoms with van der Waals surface area (Å²) >= 11 is 0. The summed E-state index contributed by atoms with van der Waals surface area (Å²) in [5, 5.41) is 3.20. The third-order valence-electron chi connectivity index (χ3n) is 5.18. The Kier molecular flexibility index (Phi) is 3.40. The van der Waals surface area contributed by atoms with Crippen LogP contribution in [0.4, 0.5) is 0 Å². The van der Waals surface area contributed by atoms with Gasteiger partial charge in [-0.2, -0.15) is 0 Å². The first-order chi connectivity index (χ1) is 10.7. The van der Waals surface area contributed by atoms with Gasteiger partial charge in [0.05, 0.1) is 5.56 Å². The van der Waals surface area contributed by atoms with Gasteiger partial charge in [0.2, 0.25) is 0 Å². The molecule has 0 radical (unpaired) electrons. The highest BCUT2D eigenvalue weighted by molar-refractivity contribution is 6.04. The van der Waals surface area contributed by atoms with Crippen LogP contribution >= 0.6 is 0 Å². The Morgan fingerprint density at radius 1 is 1.27 bits per heavy atom. The number of benzene rings is 1. The maximum Gasteiger partial charge on any atom is 0.253 e. The van der Waals surface area contributed by atoms with E-state index in [0.29, 0.717) is 34.5 Å². The van der Waals surface area contributed by atoms with Crippen LogP contribution in [0.3, 0.4) is 0 Å². The molecule has 22 heavy (non-hydrogen) atoms. The van der Waals surface area contributed by atoms with Crippen LogP contribution in [-0.4, -0.2) is 16.9 Å². The molecule has 0 aliphatic heterocycles. The molecule has 1 aromatic carbocycles. The molecular formula is C18H22N2O2. The fourth-order valence-electron chi connectivity index (χ4n) is 3.95. The van der Waals surface area contributed by atoms with Gasteiger partial charge in [-0.1, -0.05) is 38.2 Å². The van der Waals surface area contributed by atoms with Gasteiger partial charge >= 0.3 is 0 Å². The summed E-state index contributed by atoms with van der Waals surface area (Å²) in [7, 11) is 0. The largest absolute Gasteiger partial charge is 0.441 e. The van der Waals surface area contributed by atoms with E-state index in [1.807, 2.05) is 25.1 Å². The average Bonchev–Trinajstić information content (AvgIpc) is 3.18. The number of oxazole rings is 1. The van der Waals surface area contributed by atoms with Gasteiger partial charge < -0.3 is 9.73 Å². The molecule has 1 N–H and O–H groups in total. The zero-order chi connectivity index (χ0) is 15.1. The number of aromatic nitrogens is 1. The van der Waals surface area contributed by atoms with Crippen LogP contribution in [0.5, 0.6) is 0 Å². The maximum atomic E-state index is 12.6. The van der Waals surface area contributed by atoms with E-state index in [0.717, 1.165) is 12.3 Å². The lowest BCUT2D eigenvalue weighted by Gasteiger charge is -2.21. The van der Waals surface area contributed by atoms with Crippen LogP contribution in [0.2, 0.25) is 0 Å². The topological polar surface area (TPSA) is 55.1 Å². The second kappa shape index (κ2) is 5.41. The number of carbonyl (C=O) groups is 1. The van der Waals surface area contributed by atoms with Crippen molar-refractivity contribution in [1.29, 1.82) is 0 Å². The molecule has 1 heterocycles. The first-order valence-corrected chi connectivity index (χ1v) is 8.39. The number of rotatable bonds is 3. The Hall–Kier alpha value is -1.84. The van der Waals surface area contributed by atoms with Crippen LogP contribution in [0.15, 0.2) is 22.6 Å². The van der Waals surface area contributed by atoms with E-state index in [1.54, 1.807) is 0 Å². The van der Waals surface area contributed by atoms with E-state index < -0.39 is 0 Å². The number of aryl methyl sites for hydroxylation is 1. The lowest BCUT2D eigenvalue weighted by molar-refractivity contribution is 0.0948. The highest BCUT2D eigenvalue weighted by atomic mass is 16.3. The van der Waals surface area contributed by atoms with Crippen molar-refractivity contribution < 1.29 is 9.21 Å². The van der Waals surface area contributed by atoms with Gasteiger partial charge in [0.15, 0.2) is 11.5 Å². The quantitative estimate of drug-likeness (QED) is 0.936. The molecule has 2 aliphatic carbocycles. The Labute approximate surface area is 130 Å². The van der Waals surface area contributed by atoms with Crippen molar-refractivity contribution in [1.82, 2.24) is 10.3 Å². The molecule has 1 amide bonds. The van der Waals surface area contributed by atoms with Crippen molar-refractivity contribution in [2.75, 3.05) is 0 Å². The van der Waals surface area contributed by atoms with Crippen LogP contribution in [-0.2, 0) is 0 Å². The fraction of sp³-hybridized carbons (Fsp3) is 0.556. The Morgan fingerprint density at radius 3 is 2.91 bits per heavy atom. The van der Waals surface area contributed by atoms with E-state index in [9.17, 15) is 4.79 Å². The lowest BCUT2D eigenvalue weighted by Crippen LogP contribution is -2.28. The normalized spacial score (nSPS) is 25.3. The fourth-order valence-corrected chi connectivity index (χ4v) is 3.95. The highest BCUT2D eigenvalue weighted by Crippen LogP contribution is 2.44. The Bertz CT molecular complexity index is 700. The number of fused-ring (bicyclic) bond motifs is 1. The van der Waals surface area contributed by atoms with Crippen molar-refractivity contribution >= 4 is 17.0 Å². The molecule has 4 rings (SSSR count). The summed E-state index contributed by atoms with van der Waals surface area (Å²) < 4.78 is 5.50. The second-order valence-electron chi connectivity index (χ2n) is 6.76. The SMILES string of the molecule is Cc1nc2c(C(=O)N[C@@H]3C[C@H]3C3CCCCC3)cccc2o1. The minimum absolute atomic E-state index is 0.0118. The number of carbonyl (C=O) groups excluding carboxylic acids is 1. The van der Waals surface area contributed by atoms with Crippen molar-refractivity contribution in [3.63, 3.8) is 0 Å². The first kappa shape index (κ1) is 13.8. The summed E-state index contributed by atoms with van der Waals surface area (Å²) in [6.07, 6.45) is 7.93. The van der Waals surface area contributed by atoms with Gasteiger partial charge in [0.25, 0.3) is 5.91 Å². The molecule has 2 aromatic rings. The molecule has 116 valence electrons. The number of amides is 1. The Balaban J connectivity index is 1.46. The molecule has 2 fully saturated rings. The van der Waals surface area contributed by atoms with Crippen LogP contribution < -0.4 is 5.32 Å². The third kappa shape index (κ3) is 2.51. The third-order valence-corrected chi connectivity index (χ3v) is 5.18. The predicted octanol–water partition coefficient (Wildman–Crippen LogP) is 3.83. The average molecular weight is 298 g/mol. The summed E-state index contributed by atoms with van der Waals surface area (Å²) in [6, 6.07) is 5.90. The molecule has 0 saturated heterocycles. The smallest absolute Gasteiger partial charge is 0.253 e. The van der Waals surface area contributed by atoms with Gasteiger partial charge in [-0.05, 0) is 30.4 Å². The molecule has 2 saturated carbocycles. The zero-order valence-corrected chi connectivity index (χ0v) is 13.0. The maximum absolute atomic E-state index is 12.6. The first-order valence-electron chi connectivity index (χ1n) is 8.39. The van der Waals surface area contributed by atoms with Crippen molar-refractivity contribution in [3.05, 3.63) is 29.7 Å². The molecule has 0 bridgehead atoms. The number of nitrogens with zero attached hydrogens (tertiary/aromatic N) is 1. The molecular weight excluding hydrogens is 276 g/mol. The van der Waals surface area contributed by atoms with Gasteiger partial charge in [-0.25, -0.2) is 4.98 Å². The van der Waals surface area contributed by atoms with Gasteiger partial charge in [0, 0.05) is 13.0 Å². The number of hydrogen-bond acceptors (Lipinski definition) is 3. The summed E-state index contributed by atoms with van der Waals surface area (Å²) in [5.74, 6) is 2.11. The molecule has 2 atom stereocenters. The predicted molar refractivity (Wildman–Crippen MR) is 84.7 cm³/mol. The summed E-state index contributed by atoms with van der Waals surface area (Å²) in [5.41, 5.74) is 1.99. The second-order valence-corrected chi connectivity index (χ2v) is 6.76. The van der Waals surface area contributed by atoms with E-state index in [1.165, 1.54) is 32.1 Å². The van der Waals surface area contributed by atoms with E-state index in [-0.39, 0.29) is 5.91 Å². The van der Waals surface area contributed by atoms with E-state index in [4.69, 9.17) is 4.42 Å². The van der Waals surface area contributed by atoms with Crippen LogP contribution in [0.25, 0.3) is 11.1 Å². The minimum Gasteiger partial charge on any atom is -0.441 e. The minimum atomic E-state index is -0.0118. The molecule has 0 spiro atoms. The highest BCUT2D eigenvalue weighted by Gasteiger charge is 2.43. The summed E-state index contributed by atoms with van der Waals surface area (Å²) in [4.78, 5) is 16.9. The molecule has 0 unspecified atom stereocenters. The molecule has 4 heteroatoms. The molecule has 4 nitrogen and oxygen atoms in total. The Morgan fingerprint density at radius 2 is 2.09 bits per heavy atom. The van der Waals surface area contributed by atoms with Crippen LogP contribution in [0.1, 0.15) is 54.8 Å². The van der Waals surface area contributed by atoms with Gasteiger partial charge in [-0.3, -0.25) is 4.79 Å². The van der Waals surface area contributed by atoms with Gasteiger partial charge in [0.1, 0.15) is 5.52 Å². The van der Waals surface area contributed by atoms with Crippen LogP contribution in [0, 0.1) is 18.8 Å². The van der Waals surface area contributed by atoms with Crippen molar-refractivity contribution in [2.45, 2.75) is 51.5 Å². The zero-order valence-electron chi connectivity index (χ0n) is 13.0. The lowest BCUT2D eigenvalue weighted by atomic mass is 9.85. The van der Waals surface area contributed by atoms with Crippen molar-refractivity contribution in [3.8, 4) is 0 Å². The van der Waals surface area contributed by atoms with E-state index in [2.05, 4.69) is 10.3 Å². The monoisotopic (exact) mass is 298 g/mol. The molecule has 1 aromatic heterocycles. The number of hydrogen-bond donors (Lipinski definition) is 1. The van der Waals surface area contributed by atoms with Gasteiger partial charge in [-0.15, -0.1) is 0 Å². The number of nitrogens with one attached hydrogen (secondary N) is 1. The van der Waals surface area contributed by atoms with Crippen molar-refractivity contribution in [2.24, 2.45) is 11.8 Å². The summed E-state index contributed by atoms with van der Waals surface area (Å²) in [6.45, 7) is 1.81. The van der Waals surface area contributed by atoms with E-state index >= 15 is 0 Å². The number of para-hydroxylation sites is 1. The standard InChI is InChI=1S/C18H22N2O2/c1-11-19-17-13(8-5-9-16(17)22-11)18(21)20-15-10-14(15)12-6-3-2-4-7-12/h5,8-9,12,14-15H,2-4,6-7,10H2,1H3,(H,20,21)/t14-,15+/m0/s1. The molecule has 2 aliphatic rings.